The van der Waals surface area contributed by atoms with Gasteiger partial charge < -0.3 is 19.9 Å². The number of amides is 1. The Kier molecular flexibility index (Phi) is 8.96. The Morgan fingerprint density at radius 1 is 0.951 bits per heavy atom. The maximum absolute atomic E-state index is 12.8. The minimum atomic E-state index is -5.35. The molecule has 3 fully saturated rings. The molecule has 1 amide bonds. The van der Waals surface area contributed by atoms with E-state index in [2.05, 4.69) is 15.2 Å². The number of aromatic nitrogens is 1. The summed E-state index contributed by atoms with van der Waals surface area (Å²) in [5, 5.41) is 3.29. The van der Waals surface area contributed by atoms with E-state index < -0.39 is 20.2 Å². The first-order chi connectivity index (χ1) is 19.6. The SMILES string of the molecule is O=C(CC1CCCC1)N1CCN(c2cncc(O[C@H]3CC[C@H](Nc4ccc(S(=O)(=O)C(F)(F)F)cc4)CC3)c2)CC1. The molecule has 1 N–H and O–H groups in total. The van der Waals surface area contributed by atoms with Gasteiger partial charge in [0.05, 0.1) is 29.1 Å². The molecular formula is C29H37F3N4O4S. The summed E-state index contributed by atoms with van der Waals surface area (Å²) in [4.78, 5) is 20.5. The predicted molar refractivity (Wildman–Crippen MR) is 150 cm³/mol. The van der Waals surface area contributed by atoms with E-state index in [0.29, 0.717) is 36.9 Å². The van der Waals surface area contributed by atoms with Crippen LogP contribution in [0, 0.1) is 5.92 Å². The van der Waals surface area contributed by atoms with Gasteiger partial charge in [-0.15, -0.1) is 0 Å². The smallest absolute Gasteiger partial charge is 0.489 e. The molecule has 1 aromatic heterocycles. The fourth-order valence-corrected chi connectivity index (χ4v) is 6.83. The maximum atomic E-state index is 12.8. The maximum Gasteiger partial charge on any atom is 0.501 e. The van der Waals surface area contributed by atoms with Gasteiger partial charge in [-0.25, -0.2) is 8.42 Å². The van der Waals surface area contributed by atoms with E-state index in [1.165, 1.54) is 37.8 Å². The van der Waals surface area contributed by atoms with Gasteiger partial charge in [0.25, 0.3) is 9.84 Å². The monoisotopic (exact) mass is 594 g/mol. The molecule has 0 atom stereocenters. The van der Waals surface area contributed by atoms with Crippen molar-refractivity contribution in [3.8, 4) is 5.75 Å². The number of piperazine rings is 1. The third-order valence-corrected chi connectivity index (χ3v) is 9.95. The summed E-state index contributed by atoms with van der Waals surface area (Å²) in [6.07, 6.45) is 12.3. The molecule has 0 bridgehead atoms. The van der Waals surface area contributed by atoms with Crippen LogP contribution in [-0.4, -0.2) is 68.0 Å². The fourth-order valence-electron chi connectivity index (χ4n) is 6.07. The highest BCUT2D eigenvalue weighted by molar-refractivity contribution is 7.92. The van der Waals surface area contributed by atoms with Gasteiger partial charge in [0, 0.05) is 50.4 Å². The molecule has 1 aliphatic heterocycles. The number of carbonyl (C=O) groups excluding carboxylic acids is 1. The second kappa shape index (κ2) is 12.5. The average molecular weight is 595 g/mol. The Bertz CT molecular complexity index is 1280. The van der Waals surface area contributed by atoms with Gasteiger partial charge in [-0.1, -0.05) is 12.8 Å². The molecule has 41 heavy (non-hydrogen) atoms. The van der Waals surface area contributed by atoms with E-state index in [4.69, 9.17) is 4.74 Å². The summed E-state index contributed by atoms with van der Waals surface area (Å²) in [5.74, 6) is 1.55. The van der Waals surface area contributed by atoms with Crippen molar-refractivity contribution in [1.82, 2.24) is 9.88 Å². The van der Waals surface area contributed by atoms with Crippen molar-refractivity contribution in [2.75, 3.05) is 36.4 Å². The highest BCUT2D eigenvalue weighted by Gasteiger charge is 2.46. The first-order valence-electron chi connectivity index (χ1n) is 14.4. The summed E-state index contributed by atoms with van der Waals surface area (Å²) in [7, 11) is -5.35. The van der Waals surface area contributed by atoms with Gasteiger partial charge in [0.2, 0.25) is 5.91 Å². The number of anilines is 2. The molecule has 2 heterocycles. The van der Waals surface area contributed by atoms with Crippen LogP contribution < -0.4 is 15.0 Å². The van der Waals surface area contributed by atoms with Gasteiger partial charge in [-0.05, 0) is 68.7 Å². The van der Waals surface area contributed by atoms with Crippen LogP contribution in [-0.2, 0) is 14.6 Å². The van der Waals surface area contributed by atoms with Crippen molar-refractivity contribution in [1.29, 1.82) is 0 Å². The van der Waals surface area contributed by atoms with Crippen molar-refractivity contribution >= 4 is 27.1 Å². The zero-order valence-corrected chi connectivity index (χ0v) is 23.8. The highest BCUT2D eigenvalue weighted by atomic mass is 32.2. The van der Waals surface area contributed by atoms with E-state index in [1.807, 2.05) is 17.2 Å². The van der Waals surface area contributed by atoms with Crippen LogP contribution in [0.3, 0.4) is 0 Å². The summed E-state index contributed by atoms with van der Waals surface area (Å²) < 4.78 is 67.7. The van der Waals surface area contributed by atoms with Crippen LogP contribution in [0.25, 0.3) is 0 Å². The number of rotatable bonds is 8. The van der Waals surface area contributed by atoms with Crippen LogP contribution in [0.1, 0.15) is 57.8 Å². The molecule has 2 aliphatic carbocycles. The zero-order chi connectivity index (χ0) is 29.0. The number of hydrogen-bond acceptors (Lipinski definition) is 7. The molecule has 2 aromatic rings. The second-order valence-corrected chi connectivity index (χ2v) is 13.3. The molecular weight excluding hydrogens is 557 g/mol. The van der Waals surface area contributed by atoms with Crippen LogP contribution in [0.5, 0.6) is 5.75 Å². The van der Waals surface area contributed by atoms with E-state index in [1.54, 1.807) is 6.20 Å². The van der Waals surface area contributed by atoms with E-state index >= 15 is 0 Å². The molecule has 5 rings (SSSR count). The lowest BCUT2D eigenvalue weighted by atomic mass is 9.92. The molecule has 0 radical (unpaired) electrons. The normalized spacial score (nSPS) is 22.5. The number of halogens is 3. The van der Waals surface area contributed by atoms with Crippen molar-refractivity contribution in [3.63, 3.8) is 0 Å². The number of pyridine rings is 1. The molecule has 8 nitrogen and oxygen atoms in total. The number of carbonyl (C=O) groups is 1. The van der Waals surface area contributed by atoms with Crippen molar-refractivity contribution in [3.05, 3.63) is 42.7 Å². The van der Waals surface area contributed by atoms with Gasteiger partial charge in [-0.3, -0.25) is 9.78 Å². The van der Waals surface area contributed by atoms with Crippen LogP contribution in [0.15, 0.2) is 47.6 Å². The summed E-state index contributed by atoms with van der Waals surface area (Å²) >= 11 is 0. The summed E-state index contributed by atoms with van der Waals surface area (Å²) in [6.45, 7) is 2.96. The Morgan fingerprint density at radius 2 is 1.61 bits per heavy atom. The van der Waals surface area contributed by atoms with E-state index in [9.17, 15) is 26.4 Å². The largest absolute Gasteiger partial charge is 0.501 e. The molecule has 3 aliphatic rings. The van der Waals surface area contributed by atoms with Crippen LogP contribution >= 0.6 is 0 Å². The van der Waals surface area contributed by atoms with E-state index in [0.717, 1.165) is 56.6 Å². The van der Waals surface area contributed by atoms with Crippen molar-refractivity contribution < 1.29 is 31.1 Å². The van der Waals surface area contributed by atoms with Gasteiger partial charge in [0.1, 0.15) is 5.75 Å². The van der Waals surface area contributed by atoms with Crippen molar-refractivity contribution in [2.45, 2.75) is 80.3 Å². The minimum absolute atomic E-state index is 0.0226. The topological polar surface area (TPSA) is 91.8 Å². The standard InChI is InChI=1S/C29H37F3N4O4S/c30-29(31,32)41(38,39)27-11-7-23(8-12-27)34-22-5-9-25(10-6-22)40-26-18-24(19-33-20-26)35-13-15-36(16-14-35)28(37)17-21-3-1-2-4-21/h7-8,11-12,18-22,25,34H,1-6,9-10,13-17H2/t22-,25-. The number of benzene rings is 1. The Labute approximate surface area is 239 Å². The highest BCUT2D eigenvalue weighted by Crippen LogP contribution is 2.32. The van der Waals surface area contributed by atoms with Crippen LogP contribution in [0.4, 0.5) is 24.5 Å². The van der Waals surface area contributed by atoms with E-state index in [-0.39, 0.29) is 18.1 Å². The number of nitrogens with zero attached hydrogens (tertiary/aromatic N) is 3. The number of ether oxygens (including phenoxy) is 1. The summed E-state index contributed by atoms with van der Waals surface area (Å²) in [5.41, 5.74) is -3.76. The number of nitrogens with one attached hydrogen (secondary N) is 1. The predicted octanol–water partition coefficient (Wildman–Crippen LogP) is 5.41. The second-order valence-electron chi connectivity index (χ2n) is 11.3. The molecule has 1 aromatic carbocycles. The Balaban J connectivity index is 1.07. The zero-order valence-electron chi connectivity index (χ0n) is 23.0. The van der Waals surface area contributed by atoms with Gasteiger partial charge in [-0.2, -0.15) is 13.2 Å². The first-order valence-corrected chi connectivity index (χ1v) is 15.9. The molecule has 12 heteroatoms. The lowest BCUT2D eigenvalue weighted by molar-refractivity contribution is -0.132. The molecule has 0 spiro atoms. The molecule has 2 saturated carbocycles. The lowest BCUT2D eigenvalue weighted by Crippen LogP contribution is -2.49. The summed E-state index contributed by atoms with van der Waals surface area (Å²) in [6, 6.07) is 6.80. The Morgan fingerprint density at radius 3 is 2.24 bits per heavy atom. The molecule has 0 unspecified atom stereocenters. The van der Waals surface area contributed by atoms with Crippen LogP contribution in [0.2, 0.25) is 0 Å². The quantitative estimate of drug-likeness (QED) is 0.437. The minimum Gasteiger partial charge on any atom is -0.489 e. The van der Waals surface area contributed by atoms with Crippen molar-refractivity contribution in [2.24, 2.45) is 5.92 Å². The lowest BCUT2D eigenvalue weighted by Gasteiger charge is -2.36. The van der Waals surface area contributed by atoms with Gasteiger partial charge in [0.15, 0.2) is 0 Å². The molecule has 224 valence electrons. The molecule has 1 saturated heterocycles. The fraction of sp³-hybridized carbons (Fsp3) is 0.586. The average Bonchev–Trinajstić information content (AvgIpc) is 3.47. The Hall–Kier alpha value is -3.02. The first kappa shape index (κ1) is 29.5. The number of sulfone groups is 1. The number of hydrogen-bond donors (Lipinski definition) is 1. The third-order valence-electron chi connectivity index (χ3n) is 8.45. The third kappa shape index (κ3) is 7.25. The number of alkyl halides is 3. The van der Waals surface area contributed by atoms with Gasteiger partial charge >= 0.3 is 5.51 Å².